The molecule has 1 rings (SSSR count). The van der Waals surface area contributed by atoms with Gasteiger partial charge in [0.2, 0.25) is 10.0 Å². The van der Waals surface area contributed by atoms with Gasteiger partial charge in [0.1, 0.15) is 0 Å². The summed E-state index contributed by atoms with van der Waals surface area (Å²) >= 11 is 0. The van der Waals surface area contributed by atoms with Crippen LogP contribution in [0, 0.1) is 0 Å². The van der Waals surface area contributed by atoms with E-state index >= 15 is 0 Å². The lowest BCUT2D eigenvalue weighted by atomic mass is 10.00. The van der Waals surface area contributed by atoms with Gasteiger partial charge >= 0.3 is 0 Å². The predicted octanol–water partition coefficient (Wildman–Crippen LogP) is 0.234. The summed E-state index contributed by atoms with van der Waals surface area (Å²) in [5.41, 5.74) is -1.79. The smallest absolute Gasteiger partial charge is 0.212 e. The van der Waals surface area contributed by atoms with Crippen molar-refractivity contribution >= 4 is 19.9 Å². The van der Waals surface area contributed by atoms with Crippen molar-refractivity contribution in [3.8, 4) is 0 Å². The molecule has 96 valence electrons. The summed E-state index contributed by atoms with van der Waals surface area (Å²) in [7, 11) is -6.62. The highest BCUT2D eigenvalue weighted by Crippen LogP contribution is 2.35. The quantitative estimate of drug-likeness (QED) is 0.683. The fourth-order valence-electron chi connectivity index (χ4n) is 2.96. The molecule has 0 aliphatic carbocycles. The van der Waals surface area contributed by atoms with Crippen LogP contribution in [-0.2, 0) is 19.9 Å². The van der Waals surface area contributed by atoms with Crippen molar-refractivity contribution in [3.63, 3.8) is 0 Å². The highest BCUT2D eigenvalue weighted by molar-refractivity contribution is 7.92. The fraction of sp³-hybridized carbons (Fsp3) is 1.00. The van der Waals surface area contributed by atoms with Gasteiger partial charge in [0, 0.05) is 11.1 Å². The largest absolute Gasteiger partial charge is 0.229 e. The van der Waals surface area contributed by atoms with E-state index in [1.165, 1.54) is 4.31 Å². The van der Waals surface area contributed by atoms with Crippen LogP contribution in [0.2, 0.25) is 0 Å². The van der Waals surface area contributed by atoms with Gasteiger partial charge in [-0.05, 0) is 27.7 Å². The highest BCUT2D eigenvalue weighted by Gasteiger charge is 2.52. The zero-order valence-electron chi connectivity index (χ0n) is 10.3. The van der Waals surface area contributed by atoms with Gasteiger partial charge in [-0.15, -0.1) is 0 Å². The molecule has 16 heavy (non-hydrogen) atoms. The monoisotopic (exact) mass is 269 g/mol. The molecule has 0 bridgehead atoms. The molecule has 1 aliphatic heterocycles. The summed E-state index contributed by atoms with van der Waals surface area (Å²) in [4.78, 5) is 0. The van der Waals surface area contributed by atoms with Gasteiger partial charge in [-0.3, -0.25) is 0 Å². The van der Waals surface area contributed by atoms with Crippen LogP contribution in [0.15, 0.2) is 0 Å². The molecule has 0 amide bonds. The van der Waals surface area contributed by atoms with E-state index in [9.17, 15) is 16.8 Å². The van der Waals surface area contributed by atoms with Crippen molar-refractivity contribution in [2.45, 2.75) is 38.8 Å². The van der Waals surface area contributed by atoms with E-state index in [4.69, 9.17) is 0 Å². The molecule has 1 aliphatic rings. The second kappa shape index (κ2) is 3.43. The first-order valence-electron chi connectivity index (χ1n) is 4.99. The zero-order chi connectivity index (χ0) is 13.0. The summed E-state index contributed by atoms with van der Waals surface area (Å²) in [6.07, 6.45) is 1.12. The Bertz CT molecular complexity index is 464. The van der Waals surface area contributed by atoms with Crippen molar-refractivity contribution in [1.82, 2.24) is 4.31 Å². The first-order valence-corrected chi connectivity index (χ1v) is 8.66. The van der Waals surface area contributed by atoms with Crippen molar-refractivity contribution in [3.05, 3.63) is 0 Å². The van der Waals surface area contributed by atoms with Gasteiger partial charge in [0.25, 0.3) is 0 Å². The van der Waals surface area contributed by atoms with Crippen molar-refractivity contribution < 1.29 is 16.8 Å². The van der Waals surface area contributed by atoms with Crippen LogP contribution >= 0.6 is 0 Å². The Kier molecular flexibility index (Phi) is 2.98. The minimum absolute atomic E-state index is 0.128. The third-order valence-corrected chi connectivity index (χ3v) is 6.52. The lowest BCUT2D eigenvalue weighted by Gasteiger charge is -2.50. The number of sulfonamides is 1. The Morgan fingerprint density at radius 1 is 1.00 bits per heavy atom. The minimum Gasteiger partial charge on any atom is -0.229 e. The van der Waals surface area contributed by atoms with Gasteiger partial charge in [0.05, 0.1) is 17.8 Å². The molecule has 0 aromatic carbocycles. The number of rotatable bonds is 1. The van der Waals surface area contributed by atoms with Crippen LogP contribution < -0.4 is 0 Å². The molecule has 1 fully saturated rings. The molecule has 1 saturated heterocycles. The maximum atomic E-state index is 11.8. The maximum absolute atomic E-state index is 11.8. The summed E-state index contributed by atoms with van der Waals surface area (Å²) in [5, 5.41) is 0. The summed E-state index contributed by atoms with van der Waals surface area (Å²) in [6, 6.07) is 0. The van der Waals surface area contributed by atoms with Gasteiger partial charge < -0.3 is 0 Å². The second-order valence-electron chi connectivity index (χ2n) is 5.68. The Hall–Kier alpha value is -0.140. The average Bonchev–Trinajstić information content (AvgIpc) is 1.67. The Labute approximate surface area is 97.8 Å². The SMILES string of the molecule is CC1(C)CS(=O)(=O)CC(C)(C)N1S(C)(=O)=O. The van der Waals surface area contributed by atoms with Crippen LogP contribution in [0.25, 0.3) is 0 Å². The van der Waals surface area contributed by atoms with Crippen LogP contribution in [0.3, 0.4) is 0 Å². The standard InChI is InChI=1S/C9H19NO4S2/c1-8(2)6-16(13,14)7-9(3,4)10(8)15(5,11)12/h6-7H2,1-5H3. The third-order valence-electron chi connectivity index (χ3n) is 2.58. The van der Waals surface area contributed by atoms with E-state index in [1.54, 1.807) is 27.7 Å². The molecule has 5 nitrogen and oxygen atoms in total. The molecule has 0 aromatic rings. The van der Waals surface area contributed by atoms with E-state index in [1.807, 2.05) is 0 Å². The number of nitrogens with zero attached hydrogens (tertiary/aromatic N) is 1. The van der Waals surface area contributed by atoms with Gasteiger partial charge in [0.15, 0.2) is 9.84 Å². The number of hydrogen-bond acceptors (Lipinski definition) is 4. The number of hydrogen-bond donors (Lipinski definition) is 0. The molecule has 7 heteroatoms. The van der Waals surface area contributed by atoms with Crippen LogP contribution in [0.5, 0.6) is 0 Å². The molecule has 0 radical (unpaired) electrons. The molecule has 0 aromatic heterocycles. The summed E-state index contributed by atoms with van der Waals surface area (Å²) in [6.45, 7) is 6.58. The lowest BCUT2D eigenvalue weighted by molar-refractivity contribution is 0.134. The van der Waals surface area contributed by atoms with Crippen molar-refractivity contribution in [2.75, 3.05) is 17.8 Å². The minimum atomic E-state index is -3.42. The molecular formula is C9H19NO4S2. The first kappa shape index (κ1) is 13.9. The third kappa shape index (κ3) is 2.57. The van der Waals surface area contributed by atoms with Gasteiger partial charge in [-0.25, -0.2) is 16.8 Å². The van der Waals surface area contributed by atoms with E-state index in [0.717, 1.165) is 6.26 Å². The van der Waals surface area contributed by atoms with E-state index in [2.05, 4.69) is 0 Å². The van der Waals surface area contributed by atoms with E-state index in [0.29, 0.717) is 0 Å². The maximum Gasteiger partial charge on any atom is 0.212 e. The molecular weight excluding hydrogens is 250 g/mol. The summed E-state index contributed by atoms with van der Waals surface area (Å²) in [5.74, 6) is -0.257. The molecule has 0 unspecified atom stereocenters. The van der Waals surface area contributed by atoms with Gasteiger partial charge in [-0.1, -0.05) is 0 Å². The predicted molar refractivity (Wildman–Crippen MR) is 63.5 cm³/mol. The van der Waals surface area contributed by atoms with Crippen LogP contribution in [-0.4, -0.2) is 50.0 Å². The molecule has 0 spiro atoms. The van der Waals surface area contributed by atoms with Crippen LogP contribution in [0.1, 0.15) is 27.7 Å². The molecule has 0 saturated carbocycles. The average molecular weight is 269 g/mol. The molecule has 0 atom stereocenters. The van der Waals surface area contributed by atoms with Gasteiger partial charge in [-0.2, -0.15) is 4.31 Å². The first-order chi connectivity index (χ1) is 6.78. The van der Waals surface area contributed by atoms with E-state index < -0.39 is 30.9 Å². The number of sulfone groups is 1. The molecule has 1 heterocycles. The highest BCUT2D eigenvalue weighted by atomic mass is 32.2. The topological polar surface area (TPSA) is 71.5 Å². The zero-order valence-corrected chi connectivity index (χ0v) is 11.9. The second-order valence-corrected chi connectivity index (χ2v) is 9.58. The lowest BCUT2D eigenvalue weighted by Crippen LogP contribution is -2.66. The van der Waals surface area contributed by atoms with E-state index in [-0.39, 0.29) is 11.5 Å². The normalized spacial score (nSPS) is 28.8. The Morgan fingerprint density at radius 3 is 1.56 bits per heavy atom. The Morgan fingerprint density at radius 2 is 1.31 bits per heavy atom. The van der Waals surface area contributed by atoms with Crippen molar-refractivity contribution in [1.29, 1.82) is 0 Å². The summed E-state index contributed by atoms with van der Waals surface area (Å²) < 4.78 is 48.3. The van der Waals surface area contributed by atoms with Crippen molar-refractivity contribution in [2.24, 2.45) is 0 Å². The fourth-order valence-corrected chi connectivity index (χ4v) is 7.56. The van der Waals surface area contributed by atoms with Crippen LogP contribution in [0.4, 0.5) is 0 Å². The Balaban J connectivity index is 3.39. The molecule has 0 N–H and O–H groups in total.